The van der Waals surface area contributed by atoms with Gasteiger partial charge in [0, 0.05) is 29.9 Å². The van der Waals surface area contributed by atoms with Crippen molar-refractivity contribution in [2.24, 2.45) is 0 Å². The summed E-state index contributed by atoms with van der Waals surface area (Å²) in [5.74, 6) is 1.84. The highest BCUT2D eigenvalue weighted by atomic mass is 32.1. The lowest BCUT2D eigenvalue weighted by atomic mass is 10.1. The van der Waals surface area contributed by atoms with Gasteiger partial charge in [-0.05, 0) is 66.0 Å². The molecule has 0 aliphatic carbocycles. The topological polar surface area (TPSA) is 83.1 Å². The van der Waals surface area contributed by atoms with E-state index < -0.39 is 5.60 Å². The van der Waals surface area contributed by atoms with Gasteiger partial charge < -0.3 is 19.9 Å². The predicted molar refractivity (Wildman–Crippen MR) is 142 cm³/mol. The Labute approximate surface area is 206 Å². The smallest absolute Gasteiger partial charge is 0.410 e. The summed E-state index contributed by atoms with van der Waals surface area (Å²) >= 11 is 1.75. The summed E-state index contributed by atoms with van der Waals surface area (Å²) in [6.45, 7) is 15.5. The molecule has 0 bridgehead atoms. The van der Waals surface area contributed by atoms with Gasteiger partial charge in [-0.1, -0.05) is 19.4 Å². The molecule has 1 aliphatic heterocycles. The van der Waals surface area contributed by atoms with E-state index in [-0.39, 0.29) is 11.6 Å². The Morgan fingerprint density at radius 1 is 1.24 bits per heavy atom. The zero-order chi connectivity index (χ0) is 24.7. The Kier molecular flexibility index (Phi) is 6.64. The van der Waals surface area contributed by atoms with Crippen molar-refractivity contribution in [3.05, 3.63) is 22.8 Å². The number of unbranched alkanes of at least 4 members (excludes halogenated alkanes) is 1. The average Bonchev–Trinajstić information content (AvgIpc) is 3.34. The molecule has 0 aromatic carbocycles. The number of carbonyl (C=O) groups is 1. The van der Waals surface area contributed by atoms with E-state index in [0.29, 0.717) is 13.1 Å². The number of aryl methyl sites for hydroxylation is 1. The Bertz CT molecular complexity index is 1230. The number of H-pyrrole nitrogens is 1. The molecule has 34 heavy (non-hydrogen) atoms. The molecular formula is C26H37N5O2S. The normalized spacial score (nSPS) is 15.1. The number of aromatic amines is 1. The molecule has 4 heterocycles. The number of amides is 1. The van der Waals surface area contributed by atoms with Crippen molar-refractivity contribution in [3.8, 4) is 0 Å². The lowest BCUT2D eigenvalue weighted by molar-refractivity contribution is 0.0270. The zero-order valence-corrected chi connectivity index (χ0v) is 22.3. The molecule has 0 radical (unpaired) electrons. The Morgan fingerprint density at radius 3 is 2.62 bits per heavy atom. The molecule has 3 aromatic rings. The third-order valence-corrected chi connectivity index (χ3v) is 6.80. The van der Waals surface area contributed by atoms with Gasteiger partial charge in [-0.2, -0.15) is 0 Å². The van der Waals surface area contributed by atoms with Crippen LogP contribution in [0.4, 0.5) is 10.6 Å². The maximum Gasteiger partial charge on any atom is 0.410 e. The van der Waals surface area contributed by atoms with Gasteiger partial charge in [-0.25, -0.2) is 14.8 Å². The zero-order valence-electron chi connectivity index (χ0n) is 21.5. The molecule has 2 N–H and O–H groups in total. The van der Waals surface area contributed by atoms with Crippen LogP contribution in [-0.4, -0.2) is 50.2 Å². The van der Waals surface area contributed by atoms with Crippen molar-refractivity contribution in [2.75, 3.05) is 18.4 Å². The highest BCUT2D eigenvalue weighted by Gasteiger charge is 2.25. The standard InChI is InChI=1S/C26H37N5O2S/c1-8-9-10-19-28-20-21(29-19)23(30-25(2,3)4)27-17-15-18(34-22(17)20)16-11-13-31(14-12-16)24(32)33-26(5,6)7/h11,15H,8-10,12-14H2,1-7H3,(H,27,30)(H,28,29). The number of fused-ring (bicyclic) bond motifs is 3. The van der Waals surface area contributed by atoms with Gasteiger partial charge in [0.25, 0.3) is 0 Å². The lowest BCUT2D eigenvalue weighted by Gasteiger charge is -2.29. The molecule has 0 saturated heterocycles. The second kappa shape index (κ2) is 9.21. The van der Waals surface area contributed by atoms with Crippen LogP contribution in [0.3, 0.4) is 0 Å². The van der Waals surface area contributed by atoms with Gasteiger partial charge in [-0.3, -0.25) is 0 Å². The Hall–Kier alpha value is -2.61. The van der Waals surface area contributed by atoms with Crippen LogP contribution in [0.5, 0.6) is 0 Å². The van der Waals surface area contributed by atoms with E-state index in [1.807, 2.05) is 20.8 Å². The number of pyridine rings is 1. The average molecular weight is 484 g/mol. The third kappa shape index (κ3) is 5.54. The number of imidazole rings is 1. The first-order valence-electron chi connectivity index (χ1n) is 12.2. The van der Waals surface area contributed by atoms with Gasteiger partial charge in [0.15, 0.2) is 5.82 Å². The monoisotopic (exact) mass is 483 g/mol. The number of anilines is 1. The van der Waals surface area contributed by atoms with E-state index in [1.165, 1.54) is 10.5 Å². The summed E-state index contributed by atoms with van der Waals surface area (Å²) in [5.41, 5.74) is 3.60. The minimum Gasteiger partial charge on any atom is -0.444 e. The highest BCUT2D eigenvalue weighted by Crippen LogP contribution is 2.38. The Balaban J connectivity index is 1.67. The van der Waals surface area contributed by atoms with Crippen LogP contribution in [0.2, 0.25) is 0 Å². The highest BCUT2D eigenvalue weighted by molar-refractivity contribution is 7.20. The molecule has 7 nitrogen and oxygen atoms in total. The molecule has 0 spiro atoms. The van der Waals surface area contributed by atoms with E-state index >= 15 is 0 Å². The van der Waals surface area contributed by atoms with Crippen LogP contribution >= 0.6 is 11.3 Å². The number of ether oxygens (including phenoxy) is 1. The van der Waals surface area contributed by atoms with Crippen LogP contribution in [-0.2, 0) is 11.2 Å². The third-order valence-electron chi connectivity index (χ3n) is 5.59. The maximum absolute atomic E-state index is 12.4. The first-order valence-corrected chi connectivity index (χ1v) is 13.0. The lowest BCUT2D eigenvalue weighted by Crippen LogP contribution is -2.39. The van der Waals surface area contributed by atoms with Gasteiger partial charge in [0.1, 0.15) is 16.9 Å². The summed E-state index contributed by atoms with van der Waals surface area (Å²) in [6.07, 6.45) is 5.87. The summed E-state index contributed by atoms with van der Waals surface area (Å²) in [5, 5.41) is 3.55. The fourth-order valence-corrected chi connectivity index (χ4v) is 5.19. The first kappa shape index (κ1) is 24.5. The Morgan fingerprint density at radius 2 is 2.00 bits per heavy atom. The van der Waals surface area contributed by atoms with Crippen molar-refractivity contribution < 1.29 is 9.53 Å². The number of thiophene rings is 1. The molecule has 0 atom stereocenters. The van der Waals surface area contributed by atoms with Crippen LogP contribution in [0.1, 0.15) is 78.4 Å². The number of nitrogens with one attached hydrogen (secondary N) is 2. The molecule has 8 heteroatoms. The molecule has 0 fully saturated rings. The first-order chi connectivity index (χ1) is 15.9. The summed E-state index contributed by atoms with van der Waals surface area (Å²) in [6, 6.07) is 2.18. The minimum atomic E-state index is -0.484. The molecule has 4 rings (SSSR count). The van der Waals surface area contributed by atoms with Crippen LogP contribution in [0, 0.1) is 0 Å². The maximum atomic E-state index is 12.4. The summed E-state index contributed by atoms with van der Waals surface area (Å²) < 4.78 is 6.66. The van der Waals surface area contributed by atoms with E-state index in [4.69, 9.17) is 14.7 Å². The molecule has 1 aliphatic rings. The fourth-order valence-electron chi connectivity index (χ4n) is 4.02. The van der Waals surface area contributed by atoms with Crippen molar-refractivity contribution in [3.63, 3.8) is 0 Å². The van der Waals surface area contributed by atoms with Crippen LogP contribution in [0.15, 0.2) is 12.1 Å². The van der Waals surface area contributed by atoms with Crippen molar-refractivity contribution in [1.82, 2.24) is 19.9 Å². The van der Waals surface area contributed by atoms with E-state index in [9.17, 15) is 4.79 Å². The molecular weight excluding hydrogens is 446 g/mol. The second-order valence-corrected chi connectivity index (χ2v) is 12.1. The predicted octanol–water partition coefficient (Wildman–Crippen LogP) is 6.75. The van der Waals surface area contributed by atoms with E-state index in [0.717, 1.165) is 58.6 Å². The summed E-state index contributed by atoms with van der Waals surface area (Å²) in [4.78, 5) is 28.9. The van der Waals surface area contributed by atoms with Crippen LogP contribution < -0.4 is 5.32 Å². The van der Waals surface area contributed by atoms with Crippen molar-refractivity contribution in [2.45, 2.75) is 85.3 Å². The molecule has 3 aromatic heterocycles. The van der Waals surface area contributed by atoms with Gasteiger partial charge in [0.05, 0.1) is 15.7 Å². The van der Waals surface area contributed by atoms with Crippen LogP contribution in [0.25, 0.3) is 26.8 Å². The molecule has 0 unspecified atom stereocenters. The minimum absolute atomic E-state index is 0.119. The molecule has 1 amide bonds. The second-order valence-electron chi connectivity index (χ2n) is 11.1. The van der Waals surface area contributed by atoms with Gasteiger partial charge >= 0.3 is 6.09 Å². The number of carbonyl (C=O) groups excluding carboxylic acids is 1. The SMILES string of the molecule is CCCCc1nc2c(NC(C)(C)C)nc3cc(C4=CCN(C(=O)OC(C)(C)C)CC4)sc3c2[nH]1. The van der Waals surface area contributed by atoms with Gasteiger partial charge in [0.2, 0.25) is 0 Å². The van der Waals surface area contributed by atoms with Gasteiger partial charge in [-0.15, -0.1) is 11.3 Å². The molecule has 184 valence electrons. The van der Waals surface area contributed by atoms with Crippen molar-refractivity contribution >= 4 is 50.1 Å². The molecule has 0 saturated carbocycles. The summed E-state index contributed by atoms with van der Waals surface area (Å²) in [7, 11) is 0. The number of hydrogen-bond acceptors (Lipinski definition) is 6. The van der Waals surface area contributed by atoms with E-state index in [1.54, 1.807) is 16.2 Å². The largest absolute Gasteiger partial charge is 0.444 e. The number of rotatable bonds is 5. The van der Waals surface area contributed by atoms with Crippen molar-refractivity contribution in [1.29, 1.82) is 0 Å². The number of aromatic nitrogens is 3. The number of hydrogen-bond donors (Lipinski definition) is 2. The number of nitrogens with zero attached hydrogens (tertiary/aromatic N) is 3. The fraction of sp³-hybridized carbons (Fsp3) is 0.577. The quantitative estimate of drug-likeness (QED) is 0.419. The van der Waals surface area contributed by atoms with E-state index in [2.05, 4.69) is 50.1 Å².